The monoisotopic (exact) mass is 239 g/mol. The molecule has 1 aromatic heterocycles. The first-order valence-electron chi connectivity index (χ1n) is 5.84. The van der Waals surface area contributed by atoms with Crippen molar-refractivity contribution in [2.24, 2.45) is 0 Å². The first-order chi connectivity index (χ1) is 7.88. The van der Waals surface area contributed by atoms with Crippen molar-refractivity contribution in [2.75, 3.05) is 6.54 Å². The number of nitrogens with one attached hydrogen (secondary N) is 2. The highest BCUT2D eigenvalue weighted by Crippen LogP contribution is 2.07. The van der Waals surface area contributed by atoms with E-state index >= 15 is 0 Å². The molecule has 0 fully saturated rings. The molecule has 17 heavy (non-hydrogen) atoms. The molecule has 5 nitrogen and oxygen atoms in total. The molecule has 0 saturated heterocycles. The van der Waals surface area contributed by atoms with Crippen LogP contribution in [0, 0.1) is 6.92 Å². The summed E-state index contributed by atoms with van der Waals surface area (Å²) in [4.78, 5) is 11.3. The molecule has 1 amide bonds. The van der Waals surface area contributed by atoms with E-state index in [-0.39, 0.29) is 6.09 Å². The predicted molar refractivity (Wildman–Crippen MR) is 65.9 cm³/mol. The van der Waals surface area contributed by atoms with Gasteiger partial charge in [-0.15, -0.1) is 0 Å². The number of aromatic nitrogens is 2. The molecule has 1 heterocycles. The first kappa shape index (κ1) is 13.5. The molecular formula is C12H21N3O2. The highest BCUT2D eigenvalue weighted by Gasteiger charge is 2.15. The van der Waals surface area contributed by atoms with Gasteiger partial charge >= 0.3 is 6.09 Å². The summed E-state index contributed by atoms with van der Waals surface area (Å²) >= 11 is 0. The molecule has 0 atom stereocenters. The van der Waals surface area contributed by atoms with E-state index in [0.717, 1.165) is 18.5 Å². The number of hydrogen-bond acceptors (Lipinski definition) is 3. The van der Waals surface area contributed by atoms with E-state index < -0.39 is 5.60 Å². The minimum Gasteiger partial charge on any atom is -0.444 e. The van der Waals surface area contributed by atoms with Gasteiger partial charge in [0.1, 0.15) is 5.60 Å². The minimum absolute atomic E-state index is 0.360. The van der Waals surface area contributed by atoms with E-state index in [2.05, 4.69) is 15.5 Å². The number of carbonyl (C=O) groups is 1. The molecule has 1 rings (SSSR count). The van der Waals surface area contributed by atoms with Crippen molar-refractivity contribution in [3.63, 3.8) is 0 Å². The highest BCUT2D eigenvalue weighted by atomic mass is 16.6. The van der Waals surface area contributed by atoms with Gasteiger partial charge in [-0.3, -0.25) is 5.10 Å². The third-order valence-corrected chi connectivity index (χ3v) is 2.23. The summed E-state index contributed by atoms with van der Waals surface area (Å²) < 4.78 is 5.13. The summed E-state index contributed by atoms with van der Waals surface area (Å²) in [6, 6.07) is 0. The van der Waals surface area contributed by atoms with Crippen LogP contribution in [0.1, 0.15) is 38.4 Å². The quantitative estimate of drug-likeness (QED) is 0.791. The van der Waals surface area contributed by atoms with Gasteiger partial charge in [0.2, 0.25) is 0 Å². The Hall–Kier alpha value is -1.52. The molecule has 0 aliphatic heterocycles. The second-order valence-electron chi connectivity index (χ2n) is 5.05. The van der Waals surface area contributed by atoms with Crippen LogP contribution >= 0.6 is 0 Å². The van der Waals surface area contributed by atoms with Crippen molar-refractivity contribution in [1.29, 1.82) is 0 Å². The highest BCUT2D eigenvalue weighted by molar-refractivity contribution is 5.67. The number of alkyl carbamates (subject to hydrolysis) is 1. The minimum atomic E-state index is -0.439. The fraction of sp³-hybridized carbons (Fsp3) is 0.667. The number of aromatic amines is 1. The van der Waals surface area contributed by atoms with Gasteiger partial charge in [0.15, 0.2) is 0 Å². The number of nitrogens with zero attached hydrogens (tertiary/aromatic N) is 1. The van der Waals surface area contributed by atoms with Crippen LogP contribution in [0.2, 0.25) is 0 Å². The van der Waals surface area contributed by atoms with Crippen molar-refractivity contribution in [3.8, 4) is 0 Å². The Kier molecular flexibility index (Phi) is 4.54. The molecule has 5 heteroatoms. The smallest absolute Gasteiger partial charge is 0.407 e. The van der Waals surface area contributed by atoms with Crippen LogP contribution < -0.4 is 5.32 Å². The van der Waals surface area contributed by atoms with E-state index in [0.29, 0.717) is 6.54 Å². The number of carbonyl (C=O) groups excluding carboxylic acids is 1. The topological polar surface area (TPSA) is 67.0 Å². The molecule has 0 radical (unpaired) electrons. The molecule has 0 aliphatic rings. The molecule has 0 unspecified atom stereocenters. The molecule has 0 spiro atoms. The molecular weight excluding hydrogens is 218 g/mol. The molecule has 0 bridgehead atoms. The fourth-order valence-electron chi connectivity index (χ4n) is 1.41. The normalized spacial score (nSPS) is 11.3. The third-order valence-electron chi connectivity index (χ3n) is 2.23. The van der Waals surface area contributed by atoms with Crippen molar-refractivity contribution >= 4 is 6.09 Å². The Labute approximate surface area is 102 Å². The number of ether oxygens (including phenoxy) is 1. The van der Waals surface area contributed by atoms with Crippen LogP contribution in [-0.4, -0.2) is 28.4 Å². The zero-order valence-electron chi connectivity index (χ0n) is 11.0. The SMILES string of the molecule is Cc1[nH]ncc1CCCNC(=O)OC(C)(C)C. The second-order valence-corrected chi connectivity index (χ2v) is 5.05. The van der Waals surface area contributed by atoms with Gasteiger partial charge in [-0.25, -0.2) is 4.79 Å². The number of aryl methyl sites for hydroxylation is 2. The van der Waals surface area contributed by atoms with Crippen LogP contribution in [0.25, 0.3) is 0 Å². The van der Waals surface area contributed by atoms with E-state index in [4.69, 9.17) is 4.74 Å². The molecule has 0 aliphatic carbocycles. The summed E-state index contributed by atoms with van der Waals surface area (Å²) in [7, 11) is 0. The van der Waals surface area contributed by atoms with Crippen molar-refractivity contribution < 1.29 is 9.53 Å². The largest absolute Gasteiger partial charge is 0.444 e. The Balaban J connectivity index is 2.17. The molecule has 0 saturated carbocycles. The summed E-state index contributed by atoms with van der Waals surface area (Å²) in [5, 5.41) is 9.56. The number of H-pyrrole nitrogens is 1. The average molecular weight is 239 g/mol. The van der Waals surface area contributed by atoms with E-state index in [1.807, 2.05) is 33.9 Å². The zero-order valence-corrected chi connectivity index (χ0v) is 11.0. The lowest BCUT2D eigenvalue weighted by atomic mass is 10.1. The van der Waals surface area contributed by atoms with Gasteiger partial charge in [0.25, 0.3) is 0 Å². The summed E-state index contributed by atoms with van der Waals surface area (Å²) in [5.41, 5.74) is 1.84. The molecule has 1 aromatic rings. The van der Waals surface area contributed by atoms with Gasteiger partial charge in [0, 0.05) is 12.2 Å². The van der Waals surface area contributed by atoms with Gasteiger partial charge in [-0.2, -0.15) is 5.10 Å². The van der Waals surface area contributed by atoms with Crippen LogP contribution in [0.15, 0.2) is 6.20 Å². The van der Waals surface area contributed by atoms with Crippen LogP contribution in [-0.2, 0) is 11.2 Å². The maximum absolute atomic E-state index is 11.3. The van der Waals surface area contributed by atoms with Gasteiger partial charge in [0.05, 0.1) is 6.20 Å². The molecule has 96 valence electrons. The molecule has 0 aromatic carbocycles. The lowest BCUT2D eigenvalue weighted by Gasteiger charge is -2.19. The molecule has 2 N–H and O–H groups in total. The number of hydrogen-bond donors (Lipinski definition) is 2. The van der Waals surface area contributed by atoms with Crippen molar-refractivity contribution in [2.45, 2.75) is 46.1 Å². The Morgan fingerprint density at radius 3 is 2.76 bits per heavy atom. The Bertz CT molecular complexity index is 366. The third kappa shape index (κ3) is 5.38. The first-order valence-corrected chi connectivity index (χ1v) is 5.84. The van der Waals surface area contributed by atoms with Crippen LogP contribution in [0.3, 0.4) is 0 Å². The summed E-state index contributed by atoms with van der Waals surface area (Å²) in [6.45, 7) is 8.15. The lowest BCUT2D eigenvalue weighted by Crippen LogP contribution is -2.33. The number of amides is 1. The predicted octanol–water partition coefficient (Wildman–Crippen LogP) is 2.18. The maximum atomic E-state index is 11.3. The second kappa shape index (κ2) is 5.70. The van der Waals surface area contributed by atoms with Gasteiger partial charge in [-0.05, 0) is 46.1 Å². The Morgan fingerprint density at radius 1 is 1.53 bits per heavy atom. The van der Waals surface area contributed by atoms with Crippen LogP contribution in [0.5, 0.6) is 0 Å². The van der Waals surface area contributed by atoms with Crippen LogP contribution in [0.4, 0.5) is 4.79 Å². The van der Waals surface area contributed by atoms with Gasteiger partial charge < -0.3 is 10.1 Å². The summed E-state index contributed by atoms with van der Waals surface area (Å²) in [5.74, 6) is 0. The van der Waals surface area contributed by atoms with E-state index in [9.17, 15) is 4.79 Å². The van der Waals surface area contributed by atoms with Gasteiger partial charge in [-0.1, -0.05) is 0 Å². The lowest BCUT2D eigenvalue weighted by molar-refractivity contribution is 0.0527. The van der Waals surface area contributed by atoms with E-state index in [1.165, 1.54) is 5.56 Å². The maximum Gasteiger partial charge on any atom is 0.407 e. The Morgan fingerprint density at radius 2 is 2.24 bits per heavy atom. The number of rotatable bonds is 4. The van der Waals surface area contributed by atoms with Crippen molar-refractivity contribution in [1.82, 2.24) is 15.5 Å². The summed E-state index contributed by atoms with van der Waals surface area (Å²) in [6.07, 6.45) is 3.24. The zero-order chi connectivity index (χ0) is 12.9. The van der Waals surface area contributed by atoms with E-state index in [1.54, 1.807) is 0 Å². The fourth-order valence-corrected chi connectivity index (χ4v) is 1.41. The standard InChI is InChI=1S/C12H21N3O2/c1-9-10(8-14-15-9)6-5-7-13-11(16)17-12(2,3)4/h8H,5-7H2,1-4H3,(H,13,16)(H,14,15). The van der Waals surface area contributed by atoms with Crippen molar-refractivity contribution in [3.05, 3.63) is 17.5 Å². The average Bonchev–Trinajstić information content (AvgIpc) is 2.56.